The van der Waals surface area contributed by atoms with E-state index in [9.17, 15) is 0 Å². The first-order valence-electron chi connectivity index (χ1n) is 5.16. The Balaban J connectivity index is 3.28. The molecule has 0 saturated heterocycles. The Morgan fingerprint density at radius 2 is 2.07 bits per heavy atom. The summed E-state index contributed by atoms with van der Waals surface area (Å²) in [5.74, 6) is 0. The van der Waals surface area contributed by atoms with Crippen LogP contribution in [-0.2, 0) is 0 Å². The maximum Gasteiger partial charge on any atom is 0.212 e. The molecule has 0 amide bonds. The minimum Gasteiger partial charge on any atom is -0.196 e. The first-order chi connectivity index (χ1) is 7.20. The summed E-state index contributed by atoms with van der Waals surface area (Å²) in [5, 5.41) is 0. The van der Waals surface area contributed by atoms with Gasteiger partial charge in [0, 0.05) is 17.7 Å². The molecule has 0 spiro atoms. The van der Waals surface area contributed by atoms with E-state index in [2.05, 4.69) is 43.8 Å². The van der Waals surface area contributed by atoms with Crippen LogP contribution in [0.5, 0.6) is 0 Å². The second-order valence-corrected chi connectivity index (χ2v) is 3.65. The minimum atomic E-state index is 0.439. The minimum absolute atomic E-state index is 0.439. The molecule has 0 saturated carbocycles. The predicted octanol–water partition coefficient (Wildman–Crippen LogP) is 3.31. The number of aromatic nitrogens is 1. The van der Waals surface area contributed by atoms with Crippen molar-refractivity contribution < 1.29 is 4.57 Å². The van der Waals surface area contributed by atoms with Gasteiger partial charge >= 0.3 is 0 Å². The fraction of sp³-hybridized carbons (Fsp3) is 0.214. The molecule has 0 aliphatic rings. The van der Waals surface area contributed by atoms with E-state index in [1.807, 2.05) is 24.3 Å². The number of nitrogens with zero attached hydrogens (tertiary/aromatic N) is 1. The Kier molecular flexibility index (Phi) is 4.04. The Morgan fingerprint density at radius 3 is 2.60 bits per heavy atom. The van der Waals surface area contributed by atoms with Crippen molar-refractivity contribution >= 4 is 5.57 Å². The monoisotopic (exact) mass is 200 g/mol. The van der Waals surface area contributed by atoms with Gasteiger partial charge < -0.3 is 0 Å². The molecule has 0 atom stereocenters. The average Bonchev–Trinajstić information content (AvgIpc) is 2.26. The van der Waals surface area contributed by atoms with Gasteiger partial charge in [-0.3, -0.25) is 0 Å². The van der Waals surface area contributed by atoms with Gasteiger partial charge in [0.1, 0.15) is 0 Å². The molecule has 78 valence electrons. The molecule has 1 aromatic heterocycles. The summed E-state index contributed by atoms with van der Waals surface area (Å²) in [6.45, 7) is 11.9. The van der Waals surface area contributed by atoms with Crippen molar-refractivity contribution in [1.29, 1.82) is 0 Å². The second kappa shape index (κ2) is 5.30. The number of hydrogen-bond donors (Lipinski definition) is 0. The lowest BCUT2D eigenvalue weighted by Gasteiger charge is -2.06. The molecule has 0 aliphatic heterocycles. The molecule has 0 fully saturated rings. The van der Waals surface area contributed by atoms with Crippen molar-refractivity contribution in [3.63, 3.8) is 0 Å². The number of pyridine rings is 1. The van der Waals surface area contributed by atoms with Crippen molar-refractivity contribution in [2.75, 3.05) is 0 Å². The van der Waals surface area contributed by atoms with E-state index < -0.39 is 0 Å². The molecule has 1 nitrogen and oxygen atoms in total. The molecule has 0 radical (unpaired) electrons. The first kappa shape index (κ1) is 11.4. The molecule has 1 rings (SSSR count). The molecule has 0 bridgehead atoms. The van der Waals surface area contributed by atoms with Crippen LogP contribution in [0.15, 0.2) is 55.8 Å². The van der Waals surface area contributed by atoms with E-state index in [-0.39, 0.29) is 0 Å². The standard InChI is InChI=1S/C14H18N/c1-5-9-13(6-2)14-10-7-8-11-15(14)12(3)4/h5-12H,1-2H2,3-4H3/q+1. The van der Waals surface area contributed by atoms with Crippen molar-refractivity contribution in [2.24, 2.45) is 0 Å². The summed E-state index contributed by atoms with van der Waals surface area (Å²) in [6, 6.07) is 6.61. The third kappa shape index (κ3) is 2.66. The lowest BCUT2D eigenvalue weighted by Crippen LogP contribution is -2.39. The maximum atomic E-state index is 3.83. The van der Waals surface area contributed by atoms with Crippen molar-refractivity contribution in [2.45, 2.75) is 19.9 Å². The molecule has 1 aromatic rings. The molecule has 0 N–H and O–H groups in total. The second-order valence-electron chi connectivity index (χ2n) is 3.65. The highest BCUT2D eigenvalue weighted by molar-refractivity contribution is 5.70. The highest BCUT2D eigenvalue weighted by Crippen LogP contribution is 2.12. The topological polar surface area (TPSA) is 3.88 Å². The number of rotatable bonds is 4. The summed E-state index contributed by atoms with van der Waals surface area (Å²) in [7, 11) is 0. The third-order valence-electron chi connectivity index (χ3n) is 2.26. The summed E-state index contributed by atoms with van der Waals surface area (Å²) in [6.07, 6.45) is 7.70. The molecular weight excluding hydrogens is 182 g/mol. The van der Waals surface area contributed by atoms with Crippen molar-refractivity contribution in [3.05, 3.63) is 61.5 Å². The quantitative estimate of drug-likeness (QED) is 0.518. The number of allylic oxidation sites excluding steroid dienone is 4. The summed E-state index contributed by atoms with van der Waals surface area (Å²) < 4.78 is 2.22. The molecular formula is C14H18N+. The molecule has 1 heterocycles. The summed E-state index contributed by atoms with van der Waals surface area (Å²) in [5.41, 5.74) is 2.27. The SMILES string of the molecule is C=CC=C(C=C)c1cccc[n+]1C(C)C. The summed E-state index contributed by atoms with van der Waals surface area (Å²) >= 11 is 0. The van der Waals surface area contributed by atoms with Gasteiger partial charge in [-0.1, -0.05) is 25.3 Å². The summed E-state index contributed by atoms with van der Waals surface area (Å²) in [4.78, 5) is 0. The van der Waals surface area contributed by atoms with Crippen LogP contribution < -0.4 is 4.57 Å². The first-order valence-corrected chi connectivity index (χ1v) is 5.16. The third-order valence-corrected chi connectivity index (χ3v) is 2.26. The van der Waals surface area contributed by atoms with Crippen molar-refractivity contribution in [3.8, 4) is 0 Å². The smallest absolute Gasteiger partial charge is 0.196 e. The van der Waals surface area contributed by atoms with Crippen LogP contribution in [0.4, 0.5) is 0 Å². The average molecular weight is 200 g/mol. The van der Waals surface area contributed by atoms with Crippen LogP contribution in [-0.4, -0.2) is 0 Å². The molecule has 1 heteroatoms. The highest BCUT2D eigenvalue weighted by Gasteiger charge is 2.14. The van der Waals surface area contributed by atoms with E-state index in [1.54, 1.807) is 6.08 Å². The fourth-order valence-corrected chi connectivity index (χ4v) is 1.54. The van der Waals surface area contributed by atoms with Crippen LogP contribution in [0.2, 0.25) is 0 Å². The lowest BCUT2D eigenvalue weighted by molar-refractivity contribution is -0.718. The van der Waals surface area contributed by atoms with Gasteiger partial charge in [0.25, 0.3) is 0 Å². The van der Waals surface area contributed by atoms with E-state index in [1.165, 1.54) is 5.69 Å². The van der Waals surface area contributed by atoms with Gasteiger partial charge in [-0.25, -0.2) is 0 Å². The Morgan fingerprint density at radius 1 is 1.33 bits per heavy atom. The Bertz CT molecular complexity index is 386. The van der Waals surface area contributed by atoms with Gasteiger partial charge in [-0.05, 0) is 26.0 Å². The number of hydrogen-bond acceptors (Lipinski definition) is 0. The van der Waals surface area contributed by atoms with Gasteiger partial charge in [-0.2, -0.15) is 4.57 Å². The van der Waals surface area contributed by atoms with Crippen LogP contribution in [0.1, 0.15) is 25.6 Å². The van der Waals surface area contributed by atoms with E-state index >= 15 is 0 Å². The predicted molar refractivity (Wildman–Crippen MR) is 65.4 cm³/mol. The van der Waals surface area contributed by atoms with E-state index in [0.29, 0.717) is 6.04 Å². The van der Waals surface area contributed by atoms with E-state index in [4.69, 9.17) is 0 Å². The zero-order valence-corrected chi connectivity index (χ0v) is 9.48. The van der Waals surface area contributed by atoms with Crippen LogP contribution in [0.3, 0.4) is 0 Å². The van der Waals surface area contributed by atoms with Crippen LogP contribution >= 0.6 is 0 Å². The molecule has 0 aliphatic carbocycles. The normalized spacial score (nSPS) is 11.5. The van der Waals surface area contributed by atoms with Gasteiger partial charge in [0.05, 0.1) is 0 Å². The zero-order chi connectivity index (χ0) is 11.3. The highest BCUT2D eigenvalue weighted by atomic mass is 15.0. The van der Waals surface area contributed by atoms with Crippen LogP contribution in [0, 0.1) is 0 Å². The zero-order valence-electron chi connectivity index (χ0n) is 9.48. The lowest BCUT2D eigenvalue weighted by atomic mass is 10.1. The fourth-order valence-electron chi connectivity index (χ4n) is 1.54. The van der Waals surface area contributed by atoms with Gasteiger partial charge in [0.15, 0.2) is 12.2 Å². The van der Waals surface area contributed by atoms with Gasteiger partial charge in [0.2, 0.25) is 5.69 Å². The maximum absolute atomic E-state index is 3.83. The molecule has 0 aromatic carbocycles. The molecule has 15 heavy (non-hydrogen) atoms. The molecule has 0 unspecified atom stereocenters. The van der Waals surface area contributed by atoms with Gasteiger partial charge in [-0.15, -0.1) is 0 Å². The Hall–Kier alpha value is -1.63. The van der Waals surface area contributed by atoms with Crippen molar-refractivity contribution in [1.82, 2.24) is 0 Å². The van der Waals surface area contributed by atoms with Crippen LogP contribution in [0.25, 0.3) is 5.57 Å². The largest absolute Gasteiger partial charge is 0.212 e. The Labute approximate surface area is 92.1 Å². The van der Waals surface area contributed by atoms with E-state index in [0.717, 1.165) is 5.57 Å².